The van der Waals surface area contributed by atoms with Gasteiger partial charge in [-0.3, -0.25) is 4.55 Å². The lowest BCUT2D eigenvalue weighted by molar-refractivity contribution is -0.248. The summed E-state index contributed by atoms with van der Waals surface area (Å²) < 4.78 is 29.0. The normalized spacial score (nSPS) is 23.8. The number of rotatable bonds is 2. The Balaban J connectivity index is 2.60. The summed E-state index contributed by atoms with van der Waals surface area (Å²) in [6.07, 6.45) is 0. The lowest BCUT2D eigenvalue weighted by Gasteiger charge is -2.10. The van der Waals surface area contributed by atoms with E-state index in [1.807, 2.05) is 0 Å². The second-order valence-corrected chi connectivity index (χ2v) is 3.75. The van der Waals surface area contributed by atoms with E-state index >= 15 is 0 Å². The summed E-state index contributed by atoms with van der Waals surface area (Å²) >= 11 is 0. The van der Waals surface area contributed by atoms with Crippen molar-refractivity contribution in [2.24, 2.45) is 5.92 Å². The van der Waals surface area contributed by atoms with E-state index in [1.165, 1.54) is 0 Å². The fourth-order valence-electron chi connectivity index (χ4n) is 0.727. The van der Waals surface area contributed by atoms with E-state index in [0.29, 0.717) is 0 Å². The average molecular weight is 184 g/mol. The monoisotopic (exact) mass is 184 g/mol. The molecular formula is C4H8O6S. The van der Waals surface area contributed by atoms with E-state index < -0.39 is 21.5 Å². The minimum absolute atomic E-state index is 0.0268. The van der Waals surface area contributed by atoms with Crippen LogP contribution in [0.15, 0.2) is 0 Å². The molecule has 0 aromatic rings. The topological polar surface area (TPSA) is 93.1 Å². The highest BCUT2D eigenvalue weighted by atomic mass is 32.2. The molecule has 0 aromatic carbocycles. The van der Waals surface area contributed by atoms with Crippen LogP contribution in [0.2, 0.25) is 0 Å². The van der Waals surface area contributed by atoms with Gasteiger partial charge in [-0.25, -0.2) is 9.78 Å². The minimum Gasteiger partial charge on any atom is -0.375 e. The Morgan fingerprint density at radius 3 is 2.18 bits per heavy atom. The van der Waals surface area contributed by atoms with Gasteiger partial charge < -0.3 is 5.11 Å². The molecule has 1 heterocycles. The van der Waals surface area contributed by atoms with Gasteiger partial charge in [-0.2, -0.15) is 8.42 Å². The lowest BCUT2D eigenvalue weighted by Crippen LogP contribution is -2.31. The van der Waals surface area contributed by atoms with Gasteiger partial charge in [0.1, 0.15) is 0 Å². The van der Waals surface area contributed by atoms with Crippen molar-refractivity contribution in [2.45, 2.75) is 5.44 Å². The Kier molecular flexibility index (Phi) is 2.45. The molecule has 66 valence electrons. The van der Waals surface area contributed by atoms with Crippen LogP contribution < -0.4 is 0 Å². The maximum absolute atomic E-state index is 10.3. The van der Waals surface area contributed by atoms with Crippen LogP contribution in [-0.4, -0.2) is 36.7 Å². The van der Waals surface area contributed by atoms with Gasteiger partial charge in [0.05, 0.1) is 19.1 Å². The highest BCUT2D eigenvalue weighted by Gasteiger charge is 2.33. The van der Waals surface area contributed by atoms with Gasteiger partial charge in [0, 0.05) is 0 Å². The minimum atomic E-state index is -4.39. The fraction of sp³-hybridized carbons (Fsp3) is 1.00. The van der Waals surface area contributed by atoms with Gasteiger partial charge in [-0.15, -0.1) is 0 Å². The van der Waals surface area contributed by atoms with Crippen LogP contribution in [0.4, 0.5) is 0 Å². The molecule has 1 rings (SSSR count). The molecule has 7 heteroatoms. The number of hydrogen-bond acceptors (Lipinski definition) is 5. The predicted molar refractivity (Wildman–Crippen MR) is 32.9 cm³/mol. The van der Waals surface area contributed by atoms with Crippen molar-refractivity contribution in [1.82, 2.24) is 0 Å². The zero-order chi connectivity index (χ0) is 8.48. The van der Waals surface area contributed by atoms with E-state index in [-0.39, 0.29) is 13.2 Å². The second kappa shape index (κ2) is 3.03. The summed E-state index contributed by atoms with van der Waals surface area (Å²) in [5, 5.41) is 8.89. The Bertz CT molecular complexity index is 215. The van der Waals surface area contributed by atoms with Crippen molar-refractivity contribution < 1.29 is 27.9 Å². The van der Waals surface area contributed by atoms with Crippen LogP contribution in [-0.2, 0) is 19.9 Å². The quantitative estimate of drug-likeness (QED) is 0.412. The molecule has 2 N–H and O–H groups in total. The molecule has 0 amide bonds. The number of aliphatic hydroxyl groups is 1. The summed E-state index contributed by atoms with van der Waals surface area (Å²) in [7, 11) is -4.39. The molecule has 6 nitrogen and oxygen atoms in total. The van der Waals surface area contributed by atoms with E-state index in [9.17, 15) is 8.42 Å². The summed E-state index contributed by atoms with van der Waals surface area (Å²) in [5.74, 6) is -0.704. The Morgan fingerprint density at radius 1 is 1.36 bits per heavy atom. The predicted octanol–water partition coefficient (Wildman–Crippen LogP) is -1.23. The van der Waals surface area contributed by atoms with Crippen molar-refractivity contribution in [1.29, 1.82) is 0 Å². The molecule has 0 aromatic heterocycles. The van der Waals surface area contributed by atoms with Crippen LogP contribution in [0, 0.1) is 5.92 Å². The van der Waals surface area contributed by atoms with E-state index in [4.69, 9.17) is 9.66 Å². The zero-order valence-electron chi connectivity index (χ0n) is 5.50. The van der Waals surface area contributed by atoms with Crippen molar-refractivity contribution >= 4 is 10.1 Å². The van der Waals surface area contributed by atoms with Gasteiger partial charge >= 0.3 is 0 Å². The molecule has 0 bridgehead atoms. The molecular weight excluding hydrogens is 176 g/mol. The molecule has 0 aliphatic carbocycles. The van der Waals surface area contributed by atoms with E-state index in [2.05, 4.69) is 9.78 Å². The van der Waals surface area contributed by atoms with Gasteiger partial charge in [-0.05, 0) is 0 Å². The van der Waals surface area contributed by atoms with Crippen molar-refractivity contribution in [2.75, 3.05) is 13.2 Å². The van der Waals surface area contributed by atoms with Gasteiger partial charge in [-0.1, -0.05) is 0 Å². The SMILES string of the molecule is O=S(=O)(O)C(O)C1COOC1. The Labute approximate surface area is 63.4 Å². The molecule has 0 saturated carbocycles. The smallest absolute Gasteiger partial charge is 0.292 e. The van der Waals surface area contributed by atoms with Crippen molar-refractivity contribution in [3.63, 3.8) is 0 Å². The molecule has 11 heavy (non-hydrogen) atoms. The highest BCUT2D eigenvalue weighted by Crippen LogP contribution is 2.15. The largest absolute Gasteiger partial charge is 0.375 e. The van der Waals surface area contributed by atoms with Crippen LogP contribution in [0.1, 0.15) is 0 Å². The molecule has 1 fully saturated rings. The molecule has 1 aliphatic rings. The van der Waals surface area contributed by atoms with Gasteiger partial charge in [0.25, 0.3) is 10.1 Å². The van der Waals surface area contributed by atoms with Crippen LogP contribution in [0.5, 0.6) is 0 Å². The van der Waals surface area contributed by atoms with Crippen LogP contribution in [0.3, 0.4) is 0 Å². The average Bonchev–Trinajstić information content (AvgIpc) is 2.34. The first-order chi connectivity index (χ1) is 5.02. The summed E-state index contributed by atoms with van der Waals surface area (Å²) in [6.45, 7) is -0.0537. The third-order valence-corrected chi connectivity index (χ3v) is 2.35. The second-order valence-electron chi connectivity index (χ2n) is 2.23. The molecule has 1 atom stereocenters. The van der Waals surface area contributed by atoms with Crippen LogP contribution in [0.25, 0.3) is 0 Å². The first kappa shape index (κ1) is 8.88. The van der Waals surface area contributed by atoms with E-state index in [1.54, 1.807) is 0 Å². The molecule has 1 saturated heterocycles. The molecule has 0 radical (unpaired) electrons. The zero-order valence-corrected chi connectivity index (χ0v) is 6.32. The Hall–Kier alpha value is -0.210. The summed E-state index contributed by atoms with van der Waals surface area (Å²) in [5.41, 5.74) is -1.81. The highest BCUT2D eigenvalue weighted by molar-refractivity contribution is 7.86. The van der Waals surface area contributed by atoms with E-state index in [0.717, 1.165) is 0 Å². The third-order valence-electron chi connectivity index (χ3n) is 1.36. The third kappa shape index (κ3) is 2.11. The first-order valence-electron chi connectivity index (χ1n) is 2.90. The maximum Gasteiger partial charge on any atom is 0.292 e. The molecule has 0 spiro atoms. The van der Waals surface area contributed by atoms with Crippen molar-refractivity contribution in [3.8, 4) is 0 Å². The standard InChI is InChI=1S/C4H8O6S/c5-4(11(6,7)8)3-1-9-10-2-3/h3-5H,1-2H2,(H,6,7,8). The first-order valence-corrected chi connectivity index (χ1v) is 4.41. The summed E-state index contributed by atoms with van der Waals surface area (Å²) in [4.78, 5) is 8.68. The fourth-order valence-corrected chi connectivity index (χ4v) is 1.37. The van der Waals surface area contributed by atoms with Crippen molar-refractivity contribution in [3.05, 3.63) is 0 Å². The maximum atomic E-state index is 10.3. The molecule has 1 unspecified atom stereocenters. The summed E-state index contributed by atoms with van der Waals surface area (Å²) in [6, 6.07) is 0. The number of hydrogen-bond donors (Lipinski definition) is 2. The number of aliphatic hydroxyl groups excluding tert-OH is 1. The molecule has 1 aliphatic heterocycles. The van der Waals surface area contributed by atoms with Gasteiger partial charge in [0.15, 0.2) is 5.44 Å². The van der Waals surface area contributed by atoms with Gasteiger partial charge in [0.2, 0.25) is 0 Å². The van der Waals surface area contributed by atoms with Crippen LogP contribution >= 0.6 is 0 Å². The Morgan fingerprint density at radius 2 is 1.82 bits per heavy atom. The lowest BCUT2D eigenvalue weighted by atomic mass is 10.2.